The average molecular weight is 254 g/mol. The summed E-state index contributed by atoms with van der Waals surface area (Å²) in [5.74, 6) is 1.15. The second kappa shape index (κ2) is 5.18. The van der Waals surface area contributed by atoms with Gasteiger partial charge in [0.1, 0.15) is 5.76 Å². The van der Waals surface area contributed by atoms with Gasteiger partial charge in [0.15, 0.2) is 5.13 Å². The van der Waals surface area contributed by atoms with Gasteiger partial charge in [0.2, 0.25) is 5.91 Å². The number of amides is 1. The molecular formula is C10H10N2O2S2. The van der Waals surface area contributed by atoms with Crippen LogP contribution in [0.5, 0.6) is 0 Å². The number of aryl methyl sites for hydroxylation is 1. The molecule has 0 aliphatic heterocycles. The Hall–Kier alpha value is -1.27. The van der Waals surface area contributed by atoms with Gasteiger partial charge in [-0.2, -0.15) is 0 Å². The highest BCUT2D eigenvalue weighted by Crippen LogP contribution is 2.23. The second-order valence-electron chi connectivity index (χ2n) is 3.02. The van der Waals surface area contributed by atoms with Gasteiger partial charge in [-0.1, -0.05) is 0 Å². The van der Waals surface area contributed by atoms with Crippen LogP contribution in [0, 0.1) is 6.92 Å². The van der Waals surface area contributed by atoms with Crippen LogP contribution in [-0.2, 0) is 4.79 Å². The predicted octanol–water partition coefficient (Wildman–Crippen LogP) is 2.78. The molecule has 2 aromatic rings. The molecule has 1 amide bonds. The van der Waals surface area contributed by atoms with E-state index in [4.69, 9.17) is 4.42 Å². The van der Waals surface area contributed by atoms with Gasteiger partial charge in [0.25, 0.3) is 0 Å². The number of hydrogen-bond donors (Lipinski definition) is 1. The lowest BCUT2D eigenvalue weighted by Gasteiger charge is -2.00. The van der Waals surface area contributed by atoms with E-state index in [-0.39, 0.29) is 5.91 Å². The zero-order chi connectivity index (χ0) is 11.4. The van der Waals surface area contributed by atoms with Crippen molar-refractivity contribution in [2.45, 2.75) is 11.8 Å². The maximum Gasteiger partial charge on any atom is 0.236 e. The number of hydrogen-bond acceptors (Lipinski definition) is 5. The Morgan fingerprint density at radius 1 is 1.69 bits per heavy atom. The quantitative estimate of drug-likeness (QED) is 0.852. The first kappa shape index (κ1) is 11.2. The number of carbonyl (C=O) groups excluding carboxylic acids is 1. The first-order valence-electron chi connectivity index (χ1n) is 4.62. The van der Waals surface area contributed by atoms with E-state index in [1.165, 1.54) is 23.1 Å². The van der Waals surface area contributed by atoms with Crippen molar-refractivity contribution in [3.05, 3.63) is 29.7 Å². The van der Waals surface area contributed by atoms with Crippen LogP contribution in [-0.4, -0.2) is 16.6 Å². The van der Waals surface area contributed by atoms with Crippen LogP contribution in [0.3, 0.4) is 0 Å². The molecule has 0 aromatic carbocycles. The Bertz CT molecular complexity index is 465. The molecule has 2 aromatic heterocycles. The minimum Gasteiger partial charge on any atom is -0.468 e. The van der Waals surface area contributed by atoms with Crippen molar-refractivity contribution in [2.24, 2.45) is 0 Å². The molecule has 0 unspecified atom stereocenters. The number of nitrogens with one attached hydrogen (secondary N) is 1. The van der Waals surface area contributed by atoms with Crippen LogP contribution in [0.25, 0.3) is 0 Å². The topological polar surface area (TPSA) is 55.1 Å². The normalized spacial score (nSPS) is 10.3. The average Bonchev–Trinajstić information content (AvgIpc) is 2.87. The Morgan fingerprint density at radius 2 is 2.56 bits per heavy atom. The van der Waals surface area contributed by atoms with E-state index >= 15 is 0 Å². The third-order valence-corrected chi connectivity index (χ3v) is 3.68. The lowest BCUT2D eigenvalue weighted by molar-refractivity contribution is -0.113. The molecule has 6 heteroatoms. The SMILES string of the molecule is Cc1occc1SCC(=O)Nc1nccs1. The van der Waals surface area contributed by atoms with E-state index < -0.39 is 0 Å². The van der Waals surface area contributed by atoms with Crippen molar-refractivity contribution in [1.82, 2.24) is 4.98 Å². The molecule has 0 aliphatic carbocycles. The van der Waals surface area contributed by atoms with E-state index in [0.717, 1.165) is 10.7 Å². The largest absolute Gasteiger partial charge is 0.468 e. The summed E-state index contributed by atoms with van der Waals surface area (Å²) in [6.45, 7) is 1.88. The zero-order valence-electron chi connectivity index (χ0n) is 8.60. The fourth-order valence-electron chi connectivity index (χ4n) is 1.11. The minimum atomic E-state index is -0.0550. The summed E-state index contributed by atoms with van der Waals surface area (Å²) in [6, 6.07) is 1.86. The fourth-order valence-corrected chi connectivity index (χ4v) is 2.41. The van der Waals surface area contributed by atoms with Gasteiger partial charge in [-0.25, -0.2) is 4.98 Å². The van der Waals surface area contributed by atoms with E-state index in [9.17, 15) is 4.79 Å². The smallest absolute Gasteiger partial charge is 0.236 e. The lowest BCUT2D eigenvalue weighted by Crippen LogP contribution is -2.13. The molecule has 2 heterocycles. The minimum absolute atomic E-state index is 0.0550. The molecule has 0 saturated carbocycles. The summed E-state index contributed by atoms with van der Waals surface area (Å²) < 4.78 is 5.14. The Balaban J connectivity index is 1.82. The number of thiazole rings is 1. The molecule has 4 nitrogen and oxygen atoms in total. The van der Waals surface area contributed by atoms with Crippen molar-refractivity contribution < 1.29 is 9.21 Å². The highest BCUT2D eigenvalue weighted by Gasteiger charge is 2.07. The summed E-state index contributed by atoms with van der Waals surface area (Å²) >= 11 is 2.86. The molecule has 16 heavy (non-hydrogen) atoms. The van der Waals surface area contributed by atoms with E-state index in [1.807, 2.05) is 18.4 Å². The standard InChI is InChI=1S/C10H10N2O2S2/c1-7-8(2-4-14-7)16-6-9(13)12-10-11-3-5-15-10/h2-5H,6H2,1H3,(H,11,12,13). The molecule has 2 rings (SSSR count). The lowest BCUT2D eigenvalue weighted by atomic mass is 10.5. The molecule has 0 radical (unpaired) electrons. The Labute approximate surface area is 101 Å². The first-order chi connectivity index (χ1) is 7.75. The van der Waals surface area contributed by atoms with Crippen molar-refractivity contribution in [3.63, 3.8) is 0 Å². The molecule has 84 valence electrons. The van der Waals surface area contributed by atoms with E-state index in [2.05, 4.69) is 10.3 Å². The molecule has 0 spiro atoms. The molecule has 0 atom stereocenters. The van der Waals surface area contributed by atoms with Gasteiger partial charge in [0, 0.05) is 16.5 Å². The highest BCUT2D eigenvalue weighted by atomic mass is 32.2. The maximum atomic E-state index is 11.5. The van der Waals surface area contributed by atoms with Gasteiger partial charge in [-0.3, -0.25) is 4.79 Å². The van der Waals surface area contributed by atoms with Gasteiger partial charge in [0.05, 0.1) is 12.0 Å². The monoisotopic (exact) mass is 254 g/mol. The van der Waals surface area contributed by atoms with E-state index in [0.29, 0.717) is 10.9 Å². The maximum absolute atomic E-state index is 11.5. The molecule has 0 fully saturated rings. The number of furan rings is 1. The van der Waals surface area contributed by atoms with Crippen LogP contribution in [0.4, 0.5) is 5.13 Å². The Morgan fingerprint density at radius 3 is 3.19 bits per heavy atom. The summed E-state index contributed by atoms with van der Waals surface area (Å²) in [6.07, 6.45) is 3.28. The summed E-state index contributed by atoms with van der Waals surface area (Å²) in [4.78, 5) is 16.5. The second-order valence-corrected chi connectivity index (χ2v) is 4.93. The van der Waals surface area contributed by atoms with Crippen LogP contribution >= 0.6 is 23.1 Å². The van der Waals surface area contributed by atoms with Crippen molar-refractivity contribution >= 4 is 34.1 Å². The van der Waals surface area contributed by atoms with Crippen molar-refractivity contribution in [3.8, 4) is 0 Å². The summed E-state index contributed by atoms with van der Waals surface area (Å²) in [7, 11) is 0. The fraction of sp³-hybridized carbons (Fsp3) is 0.200. The third kappa shape index (κ3) is 2.86. The first-order valence-corrected chi connectivity index (χ1v) is 6.48. The summed E-state index contributed by atoms with van der Waals surface area (Å²) in [5.41, 5.74) is 0. The molecular weight excluding hydrogens is 244 g/mol. The van der Waals surface area contributed by atoms with Gasteiger partial charge in [-0.05, 0) is 13.0 Å². The number of aromatic nitrogens is 1. The molecule has 0 bridgehead atoms. The highest BCUT2D eigenvalue weighted by molar-refractivity contribution is 8.00. The molecule has 0 aliphatic rings. The molecule has 1 N–H and O–H groups in total. The van der Waals surface area contributed by atoms with Crippen molar-refractivity contribution in [1.29, 1.82) is 0 Å². The van der Waals surface area contributed by atoms with Crippen LogP contribution in [0.15, 0.2) is 33.2 Å². The van der Waals surface area contributed by atoms with Gasteiger partial charge >= 0.3 is 0 Å². The number of carbonyl (C=O) groups is 1. The van der Waals surface area contributed by atoms with Crippen LogP contribution in [0.2, 0.25) is 0 Å². The van der Waals surface area contributed by atoms with Gasteiger partial charge < -0.3 is 9.73 Å². The number of anilines is 1. The Kier molecular flexibility index (Phi) is 3.63. The molecule has 0 saturated heterocycles. The van der Waals surface area contributed by atoms with Crippen molar-refractivity contribution in [2.75, 3.05) is 11.1 Å². The van der Waals surface area contributed by atoms with E-state index in [1.54, 1.807) is 12.5 Å². The number of thioether (sulfide) groups is 1. The summed E-state index contributed by atoms with van der Waals surface area (Å²) in [5, 5.41) is 5.18. The predicted molar refractivity (Wildman–Crippen MR) is 64.9 cm³/mol. The third-order valence-electron chi connectivity index (χ3n) is 1.85. The number of rotatable bonds is 4. The van der Waals surface area contributed by atoms with Crippen LogP contribution < -0.4 is 5.32 Å². The van der Waals surface area contributed by atoms with Crippen LogP contribution in [0.1, 0.15) is 5.76 Å². The van der Waals surface area contributed by atoms with Gasteiger partial charge in [-0.15, -0.1) is 23.1 Å². The number of nitrogens with zero attached hydrogens (tertiary/aromatic N) is 1. The zero-order valence-corrected chi connectivity index (χ0v) is 10.2.